The Kier molecular flexibility index (Phi) is 4.50. The van der Waals surface area contributed by atoms with E-state index in [1.54, 1.807) is 54.2 Å². The van der Waals surface area contributed by atoms with Crippen LogP contribution in [0.3, 0.4) is 0 Å². The Morgan fingerprint density at radius 1 is 1.36 bits per heavy atom. The maximum Gasteiger partial charge on any atom is 0.260 e. The van der Waals surface area contributed by atoms with Crippen LogP contribution in [0.5, 0.6) is 5.75 Å². The molecule has 0 spiro atoms. The number of amides is 1. The summed E-state index contributed by atoms with van der Waals surface area (Å²) in [6, 6.07) is 10.5. The van der Waals surface area contributed by atoms with E-state index in [1.165, 1.54) is 7.11 Å². The number of hydrogen-bond donors (Lipinski definition) is 1. The zero-order valence-corrected chi connectivity index (χ0v) is 14.3. The fraction of sp³-hybridized carbons (Fsp3) is 0.111. The molecule has 0 saturated carbocycles. The third-order valence-corrected chi connectivity index (χ3v) is 3.95. The molecule has 7 heteroatoms. The molecule has 0 aliphatic rings. The number of aromatic nitrogens is 1. The van der Waals surface area contributed by atoms with Crippen LogP contribution in [0.15, 0.2) is 47.1 Å². The summed E-state index contributed by atoms with van der Waals surface area (Å²) in [6.07, 6.45) is 3.48. The summed E-state index contributed by atoms with van der Waals surface area (Å²) in [7, 11) is 1.51. The van der Waals surface area contributed by atoms with E-state index < -0.39 is 5.91 Å². The van der Waals surface area contributed by atoms with Crippen LogP contribution in [0.2, 0.25) is 5.02 Å². The number of carbonyl (C=O) groups is 1. The van der Waals surface area contributed by atoms with Crippen molar-refractivity contribution in [2.75, 3.05) is 12.4 Å². The Morgan fingerprint density at radius 2 is 2.08 bits per heavy atom. The Hall–Kier alpha value is -3.17. The Balaban J connectivity index is 1.95. The molecule has 0 aliphatic carbocycles. The maximum atomic E-state index is 12.7. The predicted octanol–water partition coefficient (Wildman–Crippen LogP) is 4.16. The van der Waals surface area contributed by atoms with Crippen molar-refractivity contribution in [1.82, 2.24) is 4.57 Å². The van der Waals surface area contributed by atoms with E-state index in [0.717, 1.165) is 0 Å². The average Bonchev–Trinajstić information content (AvgIpc) is 3.22. The van der Waals surface area contributed by atoms with Gasteiger partial charge in [-0.3, -0.25) is 9.36 Å². The summed E-state index contributed by atoms with van der Waals surface area (Å²) in [5.74, 6) is 0.726. The molecule has 3 rings (SSSR count). The second-order valence-electron chi connectivity index (χ2n) is 5.22. The van der Waals surface area contributed by atoms with E-state index in [0.29, 0.717) is 28.1 Å². The minimum Gasteiger partial charge on any atom is -0.495 e. The molecule has 1 N–H and O–H groups in total. The van der Waals surface area contributed by atoms with Crippen LogP contribution in [-0.4, -0.2) is 17.6 Å². The number of aryl methyl sites for hydroxylation is 1. The van der Waals surface area contributed by atoms with Gasteiger partial charge in [-0.2, -0.15) is 5.26 Å². The summed E-state index contributed by atoms with van der Waals surface area (Å²) in [5, 5.41) is 12.6. The van der Waals surface area contributed by atoms with Crippen molar-refractivity contribution in [3.05, 3.63) is 64.6 Å². The molecule has 1 amide bonds. The Labute approximate surface area is 149 Å². The number of hydrogen-bond acceptors (Lipinski definition) is 4. The highest BCUT2D eigenvalue weighted by molar-refractivity contribution is 6.32. The normalized spacial score (nSPS) is 10.3. The molecule has 2 aromatic heterocycles. The summed E-state index contributed by atoms with van der Waals surface area (Å²) in [4.78, 5) is 12.7. The molecule has 0 aliphatic heterocycles. The topological polar surface area (TPSA) is 80.2 Å². The van der Waals surface area contributed by atoms with Crippen molar-refractivity contribution >= 4 is 23.2 Å². The van der Waals surface area contributed by atoms with Gasteiger partial charge >= 0.3 is 0 Å². The third-order valence-electron chi connectivity index (χ3n) is 3.65. The first-order valence-electron chi connectivity index (χ1n) is 7.37. The SMILES string of the molecule is COc1ccc(NC(=O)c2c(C)oc(-n3cccc3)c2C#N)cc1Cl. The predicted molar refractivity (Wildman–Crippen MR) is 93.4 cm³/mol. The van der Waals surface area contributed by atoms with Gasteiger partial charge in [0.05, 0.1) is 12.1 Å². The van der Waals surface area contributed by atoms with E-state index in [-0.39, 0.29) is 11.1 Å². The summed E-state index contributed by atoms with van der Waals surface area (Å²) < 4.78 is 12.4. The number of rotatable bonds is 4. The van der Waals surface area contributed by atoms with Gasteiger partial charge in [0.15, 0.2) is 0 Å². The molecular weight excluding hydrogens is 342 g/mol. The maximum absolute atomic E-state index is 12.7. The molecular formula is C18H14ClN3O3. The van der Waals surface area contributed by atoms with Gasteiger partial charge in [-0.1, -0.05) is 11.6 Å². The van der Waals surface area contributed by atoms with Crippen molar-refractivity contribution in [3.63, 3.8) is 0 Å². The number of methoxy groups -OCH3 is 1. The van der Waals surface area contributed by atoms with Crippen molar-refractivity contribution < 1.29 is 13.9 Å². The molecule has 126 valence electrons. The Morgan fingerprint density at radius 3 is 2.68 bits per heavy atom. The van der Waals surface area contributed by atoms with Crippen LogP contribution in [0.4, 0.5) is 5.69 Å². The van der Waals surface area contributed by atoms with Gasteiger partial charge in [0.2, 0.25) is 5.88 Å². The number of anilines is 1. The van der Waals surface area contributed by atoms with Crippen LogP contribution in [0.1, 0.15) is 21.7 Å². The van der Waals surface area contributed by atoms with E-state index in [9.17, 15) is 10.1 Å². The van der Waals surface area contributed by atoms with Crippen molar-refractivity contribution in [2.24, 2.45) is 0 Å². The summed E-state index contributed by atoms with van der Waals surface area (Å²) >= 11 is 6.07. The molecule has 3 aromatic rings. The summed E-state index contributed by atoms with van der Waals surface area (Å²) in [5.41, 5.74) is 0.853. The quantitative estimate of drug-likeness (QED) is 0.761. The van der Waals surface area contributed by atoms with Crippen LogP contribution in [-0.2, 0) is 0 Å². The first-order chi connectivity index (χ1) is 12.0. The highest BCUT2D eigenvalue weighted by atomic mass is 35.5. The minimum atomic E-state index is -0.447. The van der Waals surface area contributed by atoms with E-state index in [4.69, 9.17) is 20.8 Å². The monoisotopic (exact) mass is 355 g/mol. The van der Waals surface area contributed by atoms with Gasteiger partial charge in [0.1, 0.15) is 28.7 Å². The molecule has 0 bridgehead atoms. The highest BCUT2D eigenvalue weighted by Crippen LogP contribution is 2.29. The van der Waals surface area contributed by atoms with Crippen LogP contribution >= 0.6 is 11.6 Å². The second kappa shape index (κ2) is 6.75. The van der Waals surface area contributed by atoms with Gasteiger partial charge in [0, 0.05) is 18.1 Å². The number of nitrogens with zero attached hydrogens (tertiary/aromatic N) is 2. The lowest BCUT2D eigenvalue weighted by Gasteiger charge is -2.08. The van der Waals surface area contributed by atoms with Crippen molar-refractivity contribution in [1.29, 1.82) is 5.26 Å². The minimum absolute atomic E-state index is 0.172. The van der Waals surface area contributed by atoms with Crippen molar-refractivity contribution in [2.45, 2.75) is 6.92 Å². The first-order valence-corrected chi connectivity index (χ1v) is 7.74. The fourth-order valence-electron chi connectivity index (χ4n) is 2.50. The molecule has 0 saturated heterocycles. The van der Waals surface area contributed by atoms with E-state index in [2.05, 4.69) is 5.32 Å². The number of nitriles is 1. The average molecular weight is 356 g/mol. The van der Waals surface area contributed by atoms with Crippen LogP contribution < -0.4 is 10.1 Å². The van der Waals surface area contributed by atoms with Crippen LogP contribution in [0.25, 0.3) is 5.88 Å². The summed E-state index contributed by atoms with van der Waals surface area (Å²) in [6.45, 7) is 1.64. The number of ether oxygens (including phenoxy) is 1. The fourth-order valence-corrected chi connectivity index (χ4v) is 2.75. The molecule has 1 aromatic carbocycles. The number of benzene rings is 1. The van der Waals surface area contributed by atoms with Gasteiger partial charge in [-0.25, -0.2) is 0 Å². The highest BCUT2D eigenvalue weighted by Gasteiger charge is 2.24. The molecule has 0 radical (unpaired) electrons. The van der Waals surface area contributed by atoms with Gasteiger partial charge < -0.3 is 14.5 Å². The zero-order valence-electron chi connectivity index (χ0n) is 13.5. The molecule has 0 atom stereocenters. The van der Waals surface area contributed by atoms with E-state index in [1.807, 2.05) is 6.07 Å². The standard InChI is InChI=1S/C18H14ClN3O3/c1-11-16(13(10-20)18(25-11)22-7-3-4-8-22)17(23)21-12-5-6-15(24-2)14(19)9-12/h3-9H,1-2H3,(H,21,23). The molecule has 6 nitrogen and oxygen atoms in total. The number of nitrogens with one attached hydrogen (secondary N) is 1. The lowest BCUT2D eigenvalue weighted by Crippen LogP contribution is -2.14. The molecule has 2 heterocycles. The largest absolute Gasteiger partial charge is 0.495 e. The van der Waals surface area contributed by atoms with Crippen LogP contribution in [0, 0.1) is 18.3 Å². The number of carbonyl (C=O) groups excluding carboxylic acids is 1. The molecule has 25 heavy (non-hydrogen) atoms. The van der Waals surface area contributed by atoms with Gasteiger partial charge in [0.25, 0.3) is 5.91 Å². The smallest absolute Gasteiger partial charge is 0.260 e. The van der Waals surface area contributed by atoms with Gasteiger partial charge in [-0.05, 0) is 37.3 Å². The molecule has 0 fully saturated rings. The number of halogens is 1. The lowest BCUT2D eigenvalue weighted by atomic mass is 10.1. The van der Waals surface area contributed by atoms with E-state index >= 15 is 0 Å². The first kappa shape index (κ1) is 16.7. The Bertz CT molecular complexity index is 968. The molecule has 0 unspecified atom stereocenters. The van der Waals surface area contributed by atoms with Gasteiger partial charge in [-0.15, -0.1) is 0 Å². The van der Waals surface area contributed by atoms with Crippen molar-refractivity contribution in [3.8, 4) is 17.7 Å². The lowest BCUT2D eigenvalue weighted by molar-refractivity contribution is 0.102. The zero-order chi connectivity index (χ0) is 18.0. The third kappa shape index (κ3) is 3.10. The second-order valence-corrected chi connectivity index (χ2v) is 5.63. The number of furan rings is 1.